The maximum Gasteiger partial charge on any atom is 0.134 e. The van der Waals surface area contributed by atoms with E-state index in [0.717, 1.165) is 39.7 Å². The molecule has 8 aromatic carbocycles. The van der Waals surface area contributed by atoms with Crippen molar-refractivity contribution in [2.24, 2.45) is 0 Å². The van der Waals surface area contributed by atoms with E-state index >= 15 is 0 Å². The summed E-state index contributed by atoms with van der Waals surface area (Å²) in [6, 6.07) is 65.9. The Kier molecular flexibility index (Phi) is 7.67. The molecule has 12 rings (SSSR count). The summed E-state index contributed by atoms with van der Waals surface area (Å²) in [4.78, 5) is 12.4. The molecule has 0 amide bonds. The first-order valence-electron chi connectivity index (χ1n) is 20.4. The predicted octanol–water partition coefficient (Wildman–Crippen LogP) is 14.6. The van der Waals surface area contributed by atoms with E-state index in [4.69, 9.17) is 9.97 Å². The highest BCUT2D eigenvalue weighted by Gasteiger charge is 2.31. The third-order valence-corrected chi connectivity index (χ3v) is 12.3. The Morgan fingerprint density at radius 2 is 1.05 bits per heavy atom. The van der Waals surface area contributed by atoms with Crippen molar-refractivity contribution in [2.45, 2.75) is 12.5 Å². The predicted molar refractivity (Wildman–Crippen MR) is 248 cm³/mol. The minimum absolute atomic E-state index is 0.0735. The third-order valence-electron chi connectivity index (χ3n) is 12.3. The lowest BCUT2D eigenvalue weighted by Crippen LogP contribution is -2.30. The van der Waals surface area contributed by atoms with Crippen molar-refractivity contribution >= 4 is 60.4 Å². The minimum Gasteiger partial charge on any atom is -0.319 e. The van der Waals surface area contributed by atoms with E-state index in [0.29, 0.717) is 0 Å². The molecule has 2 aliphatic rings. The van der Waals surface area contributed by atoms with Crippen LogP contribution in [0, 0.1) is 0 Å². The summed E-state index contributed by atoms with van der Waals surface area (Å²) in [6.45, 7) is 0. The summed E-state index contributed by atoms with van der Waals surface area (Å²) in [7, 11) is 0. The largest absolute Gasteiger partial charge is 0.319 e. The quantitative estimate of drug-likeness (QED) is 0.158. The number of nitrogens with zero attached hydrogens (tertiary/aromatic N) is 3. The van der Waals surface area contributed by atoms with Crippen LogP contribution in [-0.2, 0) is 0 Å². The van der Waals surface area contributed by atoms with Crippen molar-refractivity contribution in [3.8, 4) is 44.5 Å². The second-order valence-corrected chi connectivity index (χ2v) is 15.6. The van der Waals surface area contributed by atoms with Gasteiger partial charge in [0.25, 0.3) is 0 Å². The second-order valence-electron chi connectivity index (χ2n) is 15.6. The Hall–Kier alpha value is -7.62. The molecular weight excluding hydrogens is 715 g/mol. The van der Waals surface area contributed by atoms with Crippen molar-refractivity contribution in [2.75, 3.05) is 4.90 Å². The molecule has 10 aromatic rings. The molecule has 0 radical (unpaired) electrons. The fourth-order valence-corrected chi connectivity index (χ4v) is 9.79. The first-order chi connectivity index (χ1) is 29.3. The average molecular weight is 752 g/mol. The average Bonchev–Trinajstić information content (AvgIpc) is 3.64. The van der Waals surface area contributed by atoms with Crippen molar-refractivity contribution in [1.29, 1.82) is 0 Å². The molecule has 59 heavy (non-hydrogen) atoms. The molecule has 2 aliphatic carbocycles. The molecule has 276 valence electrons. The van der Waals surface area contributed by atoms with Crippen LogP contribution in [0.25, 0.3) is 93.4 Å². The van der Waals surface area contributed by atoms with Gasteiger partial charge in [-0.3, -0.25) is 4.98 Å². The van der Waals surface area contributed by atoms with Gasteiger partial charge in [-0.1, -0.05) is 170 Å². The van der Waals surface area contributed by atoms with Crippen LogP contribution in [0.4, 0.5) is 11.5 Å². The Bertz CT molecular complexity index is 3260. The highest BCUT2D eigenvalue weighted by molar-refractivity contribution is 6.28. The lowest BCUT2D eigenvalue weighted by molar-refractivity contribution is 0.778. The fraction of sp³-hybridized carbons (Fsp3) is 0.0357. The van der Waals surface area contributed by atoms with Gasteiger partial charge in [0.2, 0.25) is 0 Å². The molecule has 2 heterocycles. The van der Waals surface area contributed by atoms with Gasteiger partial charge in [0.15, 0.2) is 0 Å². The molecular formula is C56H37N3. The molecule has 0 bridgehead atoms. The van der Waals surface area contributed by atoms with Crippen LogP contribution in [-0.4, -0.2) is 16.0 Å². The van der Waals surface area contributed by atoms with Crippen LogP contribution in [0.2, 0.25) is 0 Å². The Morgan fingerprint density at radius 1 is 0.458 bits per heavy atom. The number of para-hydroxylation sites is 1. The van der Waals surface area contributed by atoms with E-state index < -0.39 is 0 Å². The highest BCUT2D eigenvalue weighted by atomic mass is 15.2. The van der Waals surface area contributed by atoms with E-state index in [1.54, 1.807) is 0 Å². The van der Waals surface area contributed by atoms with E-state index in [1.165, 1.54) is 77.2 Å². The zero-order valence-electron chi connectivity index (χ0n) is 32.3. The number of aromatic nitrogens is 2. The fourth-order valence-electron chi connectivity index (χ4n) is 9.79. The third kappa shape index (κ3) is 5.28. The number of allylic oxidation sites excluding steroid dienone is 2. The molecule has 1 unspecified atom stereocenters. The molecule has 2 aromatic heterocycles. The summed E-state index contributed by atoms with van der Waals surface area (Å²) in [5.74, 6) is 0.910. The van der Waals surface area contributed by atoms with Gasteiger partial charge in [0, 0.05) is 22.7 Å². The molecule has 0 spiro atoms. The maximum atomic E-state index is 5.31. The van der Waals surface area contributed by atoms with Gasteiger partial charge in [-0.2, -0.15) is 0 Å². The lowest BCUT2D eigenvalue weighted by atomic mass is 9.82. The summed E-state index contributed by atoms with van der Waals surface area (Å²) in [5, 5.41) is 7.34. The maximum absolute atomic E-state index is 5.31. The zero-order valence-corrected chi connectivity index (χ0v) is 32.3. The number of pyridine rings is 2. The number of rotatable bonds is 6. The summed E-state index contributed by atoms with van der Waals surface area (Å²) in [5.41, 5.74) is 15.8. The topological polar surface area (TPSA) is 29.0 Å². The van der Waals surface area contributed by atoms with E-state index in [-0.39, 0.29) is 6.04 Å². The van der Waals surface area contributed by atoms with Crippen molar-refractivity contribution in [1.82, 2.24) is 9.97 Å². The molecule has 0 saturated heterocycles. The molecule has 3 nitrogen and oxygen atoms in total. The molecule has 0 saturated carbocycles. The Morgan fingerprint density at radius 3 is 1.73 bits per heavy atom. The summed E-state index contributed by atoms with van der Waals surface area (Å²) < 4.78 is 0. The van der Waals surface area contributed by atoms with Crippen molar-refractivity contribution in [3.05, 3.63) is 212 Å². The monoisotopic (exact) mass is 751 g/mol. The first kappa shape index (κ1) is 33.5. The summed E-state index contributed by atoms with van der Waals surface area (Å²) in [6.07, 6.45) is 9.80. The van der Waals surface area contributed by atoms with Crippen LogP contribution in [0.1, 0.15) is 12.0 Å². The van der Waals surface area contributed by atoms with Crippen LogP contribution in [0.5, 0.6) is 0 Å². The van der Waals surface area contributed by atoms with E-state index in [9.17, 15) is 0 Å². The number of hydrogen-bond acceptors (Lipinski definition) is 3. The summed E-state index contributed by atoms with van der Waals surface area (Å²) >= 11 is 0. The van der Waals surface area contributed by atoms with Crippen LogP contribution in [0.15, 0.2) is 206 Å². The van der Waals surface area contributed by atoms with Gasteiger partial charge in [0.05, 0.1) is 17.1 Å². The van der Waals surface area contributed by atoms with Gasteiger partial charge in [0.1, 0.15) is 5.82 Å². The number of hydrogen-bond donors (Lipinski definition) is 0. The van der Waals surface area contributed by atoms with Crippen molar-refractivity contribution in [3.63, 3.8) is 0 Å². The normalized spacial score (nSPS) is 14.2. The van der Waals surface area contributed by atoms with E-state index in [2.05, 4.69) is 199 Å². The number of anilines is 2. The molecule has 3 heteroatoms. The Labute approximate surface area is 342 Å². The highest BCUT2D eigenvalue weighted by Crippen LogP contribution is 2.58. The SMILES string of the molecule is C1=CC(N(c2ccccc2)c2ccc3ccc4cccnc4c3n2)CC=C1c1ccc2c3c(cccc13)-c1c-2c(-c2ccccc2)c2ccccc2c1-c1ccccc1. The molecule has 0 aliphatic heterocycles. The van der Waals surface area contributed by atoms with Gasteiger partial charge < -0.3 is 4.90 Å². The van der Waals surface area contributed by atoms with Crippen LogP contribution < -0.4 is 4.90 Å². The van der Waals surface area contributed by atoms with Gasteiger partial charge >= 0.3 is 0 Å². The van der Waals surface area contributed by atoms with Crippen LogP contribution >= 0.6 is 0 Å². The smallest absolute Gasteiger partial charge is 0.134 e. The van der Waals surface area contributed by atoms with Crippen molar-refractivity contribution < 1.29 is 0 Å². The Balaban J connectivity index is 0.999. The van der Waals surface area contributed by atoms with Gasteiger partial charge in [-0.15, -0.1) is 0 Å². The van der Waals surface area contributed by atoms with E-state index in [1.807, 2.05) is 12.3 Å². The zero-order chi connectivity index (χ0) is 38.9. The molecule has 0 N–H and O–H groups in total. The van der Waals surface area contributed by atoms with Gasteiger partial charge in [-0.25, -0.2) is 4.98 Å². The molecule has 0 fully saturated rings. The number of fused-ring (bicyclic) bond motifs is 7. The van der Waals surface area contributed by atoms with Gasteiger partial charge in [-0.05, 0) is 114 Å². The number of benzene rings is 8. The first-order valence-corrected chi connectivity index (χ1v) is 20.4. The standard InChI is InChI=1S/C56H37N3/c1-4-14-37(15-5-1)50-45-21-10-11-22-46(45)51(38-16-6-2-7-17-38)54-48-33-32-43(44-23-12-24-47(52(44)48)53(50)54)36-27-30-42(31-28-36)59(41-19-8-3-9-20-41)49-34-29-40-26-25-39-18-13-35-57-55(39)56(40)58-49/h1-30,32-35,42H,31H2. The van der Waals surface area contributed by atoms with Crippen LogP contribution in [0.3, 0.4) is 0 Å². The lowest BCUT2D eigenvalue weighted by Gasteiger charge is -2.32. The minimum atomic E-state index is 0.0735. The molecule has 1 atom stereocenters. The second kappa shape index (κ2) is 13.5.